The number of fused-ring (bicyclic) bond motifs is 5. The number of unbranched alkanes of at least 4 members (excludes halogenated alkanes) is 2. The number of nitrogens with one attached hydrogen (secondary N) is 6. The van der Waals surface area contributed by atoms with E-state index in [9.17, 15) is 53.4 Å². The summed E-state index contributed by atoms with van der Waals surface area (Å²) >= 11 is 0. The van der Waals surface area contributed by atoms with Crippen LogP contribution >= 0.6 is 0 Å². The number of hydrogen-bond acceptors (Lipinski definition) is 14. The molecule has 5 atom stereocenters. The minimum Gasteiger partial charge on any atom is -0.458 e. The Morgan fingerprint density at radius 3 is 2.37 bits per heavy atom. The Hall–Kier alpha value is -7.89. The van der Waals surface area contributed by atoms with Crippen LogP contribution in [0.3, 0.4) is 0 Å². The van der Waals surface area contributed by atoms with Crippen LogP contribution in [-0.2, 0) is 79.4 Å². The van der Waals surface area contributed by atoms with Crippen molar-refractivity contribution in [1.82, 2.24) is 46.4 Å². The minimum absolute atomic E-state index is 0.0384. The molecule has 2 aromatic heterocycles. The van der Waals surface area contributed by atoms with Crippen LogP contribution in [0.25, 0.3) is 22.3 Å². The summed E-state index contributed by atoms with van der Waals surface area (Å²) in [6.45, 7) is 2.96. The van der Waals surface area contributed by atoms with Crippen molar-refractivity contribution in [3.63, 3.8) is 0 Å². The van der Waals surface area contributed by atoms with Crippen LogP contribution in [-0.4, -0.2) is 123 Å². The topological polar surface area (TPSA) is 306 Å². The summed E-state index contributed by atoms with van der Waals surface area (Å²) in [4.78, 5) is 122. The lowest BCUT2D eigenvalue weighted by Gasteiger charge is -2.31. The van der Waals surface area contributed by atoms with E-state index in [1.165, 1.54) is 34.6 Å². The van der Waals surface area contributed by atoms with Crippen LogP contribution in [0.1, 0.15) is 97.4 Å². The number of amides is 7. The lowest BCUT2D eigenvalue weighted by Crippen LogP contribution is -2.52. The summed E-state index contributed by atoms with van der Waals surface area (Å²) in [5, 5.41) is 37.3. The monoisotopic (exact) mass is 1050 g/mol. The minimum atomic E-state index is -2.06. The summed E-state index contributed by atoms with van der Waals surface area (Å²) in [5.41, 5.74) is 1.83. The largest absolute Gasteiger partial charge is 0.458 e. The van der Waals surface area contributed by atoms with Gasteiger partial charge in [0.2, 0.25) is 41.4 Å². The average Bonchev–Trinajstić information content (AvgIpc) is 4.12. The van der Waals surface area contributed by atoms with Gasteiger partial charge in [-0.25, -0.2) is 14.2 Å². The molecule has 8 N–H and O–H groups in total. The first-order valence-electron chi connectivity index (χ1n) is 25.2. The van der Waals surface area contributed by atoms with Gasteiger partial charge in [0.05, 0.1) is 54.7 Å². The van der Waals surface area contributed by atoms with E-state index >= 15 is 4.39 Å². The molecule has 2 aromatic carbocycles. The van der Waals surface area contributed by atoms with Crippen molar-refractivity contribution in [3.8, 4) is 11.4 Å². The Labute approximate surface area is 435 Å². The van der Waals surface area contributed by atoms with Crippen molar-refractivity contribution >= 4 is 58.2 Å². The number of aryl methyl sites for hydroxylation is 1. The van der Waals surface area contributed by atoms with Crippen molar-refractivity contribution < 1.29 is 62.4 Å². The maximum atomic E-state index is 15.4. The number of benzene rings is 2. The lowest BCUT2D eigenvalue weighted by atomic mass is 9.81. The van der Waals surface area contributed by atoms with E-state index in [0.29, 0.717) is 83.2 Å². The maximum absolute atomic E-state index is 15.4. The Bertz CT molecular complexity index is 3090. The van der Waals surface area contributed by atoms with Crippen LogP contribution in [0.4, 0.5) is 4.39 Å². The SMILES string of the molecule is CC[C@@]1(O)C(=O)OCc2c1cc1n(c2=O)Cc2c-1nc1cc(F)c(C)c3c1c2[C@@H](NC(=O)[C@@H](C)OCNC(=O)CNC(=O)[C@H](Cc1ccccc1)NC(=O)CNC(=O)CNC(=O)CCCCCN1C(=O)C=CC1O)CC3. The van der Waals surface area contributed by atoms with Gasteiger partial charge in [-0.2, -0.15) is 0 Å². The zero-order chi connectivity index (χ0) is 54.4. The molecule has 0 spiro atoms. The summed E-state index contributed by atoms with van der Waals surface area (Å²) in [7, 11) is 0. The van der Waals surface area contributed by atoms with E-state index in [-0.39, 0.29) is 55.4 Å². The number of carbonyl (C=O) groups excluding carboxylic acids is 8. The smallest absolute Gasteiger partial charge is 0.343 e. The molecule has 0 radical (unpaired) electrons. The van der Waals surface area contributed by atoms with E-state index in [4.69, 9.17) is 14.5 Å². The molecule has 0 fully saturated rings. The molecule has 5 heterocycles. The summed E-state index contributed by atoms with van der Waals surface area (Å²) in [6.07, 6.45) is 3.20. The van der Waals surface area contributed by atoms with Gasteiger partial charge in [-0.1, -0.05) is 43.7 Å². The number of hydrogen-bond donors (Lipinski definition) is 8. The second kappa shape index (κ2) is 23.3. The summed E-state index contributed by atoms with van der Waals surface area (Å²) in [5.74, 6) is -5.28. The van der Waals surface area contributed by atoms with Gasteiger partial charge in [-0.3, -0.25) is 38.4 Å². The quantitative estimate of drug-likeness (QED) is 0.0266. The van der Waals surface area contributed by atoms with E-state index < -0.39 is 103 Å². The van der Waals surface area contributed by atoms with E-state index in [1.54, 1.807) is 50.2 Å². The van der Waals surface area contributed by atoms with Crippen molar-refractivity contribution in [3.05, 3.63) is 110 Å². The number of carbonyl (C=O) groups is 8. The van der Waals surface area contributed by atoms with Crippen molar-refractivity contribution in [2.75, 3.05) is 32.9 Å². The van der Waals surface area contributed by atoms with Gasteiger partial charge in [0.15, 0.2) is 5.60 Å². The van der Waals surface area contributed by atoms with Gasteiger partial charge in [0, 0.05) is 48.0 Å². The Kier molecular flexibility index (Phi) is 16.7. The number of aromatic nitrogens is 2. The van der Waals surface area contributed by atoms with Gasteiger partial charge in [0.1, 0.15) is 37.5 Å². The summed E-state index contributed by atoms with van der Waals surface area (Å²) in [6, 6.07) is 9.84. The molecule has 0 saturated carbocycles. The highest BCUT2D eigenvalue weighted by Gasteiger charge is 2.46. The van der Waals surface area contributed by atoms with E-state index in [0.717, 1.165) is 5.56 Å². The van der Waals surface area contributed by atoms with Crippen LogP contribution in [0.2, 0.25) is 0 Å². The molecule has 76 heavy (non-hydrogen) atoms. The number of nitrogens with zero attached hydrogens (tertiary/aromatic N) is 3. The Balaban J connectivity index is 0.818. The van der Waals surface area contributed by atoms with E-state index in [2.05, 4.69) is 31.9 Å². The normalized spacial score (nSPS) is 18.7. The second-order valence-electron chi connectivity index (χ2n) is 19.2. The maximum Gasteiger partial charge on any atom is 0.343 e. The van der Waals surface area contributed by atoms with Crippen molar-refractivity contribution in [2.24, 2.45) is 0 Å². The Morgan fingerprint density at radius 1 is 0.908 bits per heavy atom. The number of rotatable bonds is 22. The van der Waals surface area contributed by atoms with Crippen molar-refractivity contribution in [1.29, 1.82) is 0 Å². The third-order valence-corrected chi connectivity index (χ3v) is 14.2. The highest BCUT2D eigenvalue weighted by atomic mass is 19.1. The number of esters is 1. The third kappa shape index (κ3) is 11.6. The molecule has 3 aliphatic heterocycles. The van der Waals surface area contributed by atoms with Crippen molar-refractivity contribution in [2.45, 2.75) is 115 Å². The highest BCUT2D eigenvalue weighted by Crippen LogP contribution is 2.46. The molecule has 23 heteroatoms. The van der Waals surface area contributed by atoms with Gasteiger partial charge in [-0.15, -0.1) is 0 Å². The van der Waals surface area contributed by atoms with Gasteiger partial charge >= 0.3 is 5.97 Å². The van der Waals surface area contributed by atoms with Crippen LogP contribution in [0, 0.1) is 12.7 Å². The van der Waals surface area contributed by atoms with Crippen LogP contribution < -0.4 is 37.5 Å². The van der Waals surface area contributed by atoms with E-state index in [1.807, 2.05) is 0 Å². The lowest BCUT2D eigenvalue weighted by molar-refractivity contribution is -0.172. The fraction of sp³-hybridized carbons (Fsp3) is 0.434. The zero-order valence-electron chi connectivity index (χ0n) is 42.2. The number of pyridine rings is 2. The predicted octanol–water partition coefficient (Wildman–Crippen LogP) is 0.463. The number of halogens is 1. The fourth-order valence-corrected chi connectivity index (χ4v) is 9.96. The van der Waals surface area contributed by atoms with Crippen LogP contribution in [0.5, 0.6) is 0 Å². The van der Waals surface area contributed by atoms with Gasteiger partial charge in [-0.05, 0) is 80.3 Å². The molecule has 22 nitrogen and oxygen atoms in total. The molecule has 0 bridgehead atoms. The molecule has 4 aromatic rings. The molecule has 7 amide bonds. The number of aliphatic hydroxyl groups is 2. The molecule has 4 aliphatic rings. The molecular formula is C53H60FN9O13. The molecular weight excluding hydrogens is 990 g/mol. The Morgan fingerprint density at radius 2 is 1.63 bits per heavy atom. The zero-order valence-corrected chi connectivity index (χ0v) is 42.2. The molecule has 0 saturated heterocycles. The first-order chi connectivity index (χ1) is 36.4. The first kappa shape index (κ1) is 54.4. The second-order valence-corrected chi connectivity index (χ2v) is 19.2. The predicted molar refractivity (Wildman–Crippen MR) is 268 cm³/mol. The highest BCUT2D eigenvalue weighted by molar-refractivity contribution is 5.95. The number of ether oxygens (including phenoxy) is 2. The van der Waals surface area contributed by atoms with Crippen LogP contribution in [0.15, 0.2) is 59.4 Å². The number of cyclic esters (lactones) is 1. The number of aliphatic hydroxyl groups excluding tert-OH is 1. The van der Waals surface area contributed by atoms with Gasteiger partial charge in [0.25, 0.3) is 5.56 Å². The van der Waals surface area contributed by atoms with Gasteiger partial charge < -0.3 is 61.1 Å². The first-order valence-corrected chi connectivity index (χ1v) is 25.2. The molecule has 1 unspecified atom stereocenters. The molecule has 402 valence electrons. The summed E-state index contributed by atoms with van der Waals surface area (Å²) < 4.78 is 27.8. The molecule has 1 aliphatic carbocycles. The average molecular weight is 1050 g/mol. The fourth-order valence-electron chi connectivity index (χ4n) is 9.96. The standard InChI is InChI=1S/C53H60FN9O13/c1-4-53(74)34-20-39-48-32(25-63(39)51(72)33(34)26-75-52(53)73)47-36(15-14-31-28(2)35(54)21-37(60-48)46(31)47)61-49(70)29(3)76-27-58-42(66)23-57-50(71)38(19-30-11-7-5-8-12-30)59-43(67)24-56-41(65)22-55-40(64)13-9-6-10-18-62-44(68)16-17-45(62)69/h5,7-8,11-12,16-17,20-21,29,36,38,44,68,74H,4,6,9-10,13-15,18-19,22-27H2,1-3H3,(H,55,64)(H,56,65)(H,57,71)(H,58,66)(H,59,67)(H,61,70)/t29-,36+,38+,44?,53+/m1/s1. The molecule has 8 rings (SSSR count). The third-order valence-electron chi connectivity index (χ3n) is 14.2.